The van der Waals surface area contributed by atoms with Crippen LogP contribution in [0.4, 0.5) is 10.1 Å². The number of rotatable bonds is 8. The van der Waals surface area contributed by atoms with Crippen molar-refractivity contribution in [3.05, 3.63) is 33.6 Å². The van der Waals surface area contributed by atoms with E-state index in [1.807, 2.05) is 6.26 Å². The lowest BCUT2D eigenvalue weighted by Gasteiger charge is -2.09. The van der Waals surface area contributed by atoms with E-state index in [0.717, 1.165) is 24.3 Å². The Balaban J connectivity index is 2.92. The maximum absolute atomic E-state index is 13.4. The summed E-state index contributed by atoms with van der Waals surface area (Å²) in [7, 11) is -3.88. The second kappa shape index (κ2) is 7.71. The zero-order chi connectivity index (χ0) is 16.0. The van der Waals surface area contributed by atoms with Crippen LogP contribution in [0.15, 0.2) is 17.0 Å². The van der Waals surface area contributed by atoms with Gasteiger partial charge in [0.15, 0.2) is 0 Å². The Bertz CT molecular complexity index is 620. The zero-order valence-electron chi connectivity index (χ0n) is 11.8. The first-order valence-electron chi connectivity index (χ1n) is 6.22. The summed E-state index contributed by atoms with van der Waals surface area (Å²) < 4.78 is 40.0. The Hall–Kier alpha value is -1.19. The molecule has 0 heterocycles. The monoisotopic (exact) mass is 336 g/mol. The highest BCUT2D eigenvalue weighted by molar-refractivity contribution is 7.98. The largest absolute Gasteiger partial charge is 0.306 e. The number of thioether (sulfide) groups is 1. The van der Waals surface area contributed by atoms with Crippen LogP contribution >= 0.6 is 11.8 Å². The standard InChI is InChI=1S/C12H17FN2O4S2/c1-9-7-10(13)11(15(16)17)8-12(9)21(18,19)14-5-3-4-6-20-2/h7-8,14H,3-6H2,1-2H3. The van der Waals surface area contributed by atoms with Crippen LogP contribution in [0.25, 0.3) is 0 Å². The van der Waals surface area contributed by atoms with Crippen LogP contribution in [-0.2, 0) is 10.0 Å². The third kappa shape index (κ3) is 4.94. The van der Waals surface area contributed by atoms with Gasteiger partial charge < -0.3 is 0 Å². The molecule has 6 nitrogen and oxygen atoms in total. The van der Waals surface area contributed by atoms with Crippen LogP contribution < -0.4 is 4.72 Å². The normalized spacial score (nSPS) is 11.6. The molecule has 0 spiro atoms. The topological polar surface area (TPSA) is 89.3 Å². The van der Waals surface area contributed by atoms with Gasteiger partial charge in [0.2, 0.25) is 15.8 Å². The molecule has 118 valence electrons. The van der Waals surface area contributed by atoms with E-state index in [1.54, 1.807) is 11.8 Å². The Kier molecular flexibility index (Phi) is 6.56. The smallest absolute Gasteiger partial charge is 0.258 e. The average molecular weight is 336 g/mol. The number of nitro groups is 1. The van der Waals surface area contributed by atoms with Crippen LogP contribution in [-0.4, -0.2) is 31.9 Å². The molecule has 1 N–H and O–H groups in total. The number of nitrogens with one attached hydrogen (secondary N) is 1. The fraction of sp³-hybridized carbons (Fsp3) is 0.500. The molecule has 0 fully saturated rings. The second-order valence-electron chi connectivity index (χ2n) is 4.42. The van der Waals surface area contributed by atoms with Crippen molar-refractivity contribution in [2.45, 2.75) is 24.7 Å². The summed E-state index contributed by atoms with van der Waals surface area (Å²) in [4.78, 5) is 9.49. The molecule has 0 amide bonds. The summed E-state index contributed by atoms with van der Waals surface area (Å²) >= 11 is 1.67. The van der Waals surface area contributed by atoms with Gasteiger partial charge in [-0.05, 0) is 43.4 Å². The maximum Gasteiger partial charge on any atom is 0.306 e. The molecule has 0 unspecified atom stereocenters. The molecule has 9 heteroatoms. The molecule has 0 aliphatic rings. The van der Waals surface area contributed by atoms with Gasteiger partial charge >= 0.3 is 5.69 Å². The van der Waals surface area contributed by atoms with Crippen molar-refractivity contribution in [1.29, 1.82) is 0 Å². The third-order valence-electron chi connectivity index (χ3n) is 2.80. The van der Waals surface area contributed by atoms with Crippen molar-refractivity contribution >= 4 is 27.5 Å². The van der Waals surface area contributed by atoms with Gasteiger partial charge in [-0.15, -0.1) is 0 Å². The van der Waals surface area contributed by atoms with Crippen LogP contribution in [0.5, 0.6) is 0 Å². The molecule has 0 bridgehead atoms. The minimum absolute atomic E-state index is 0.134. The molecule has 0 saturated carbocycles. The van der Waals surface area contributed by atoms with E-state index in [9.17, 15) is 22.9 Å². The van der Waals surface area contributed by atoms with Gasteiger partial charge in [0.25, 0.3) is 0 Å². The Morgan fingerprint density at radius 2 is 2.05 bits per heavy atom. The molecule has 1 rings (SSSR count). The van der Waals surface area contributed by atoms with Crippen molar-refractivity contribution in [1.82, 2.24) is 4.72 Å². The summed E-state index contributed by atoms with van der Waals surface area (Å²) in [6, 6.07) is 1.62. The lowest BCUT2D eigenvalue weighted by atomic mass is 10.2. The molecular weight excluding hydrogens is 319 g/mol. The van der Waals surface area contributed by atoms with Gasteiger partial charge in [-0.3, -0.25) is 10.1 Å². The first kappa shape index (κ1) is 17.9. The number of nitrogens with zero attached hydrogens (tertiary/aromatic N) is 1. The summed E-state index contributed by atoms with van der Waals surface area (Å²) in [6.45, 7) is 1.64. The summed E-state index contributed by atoms with van der Waals surface area (Å²) in [5.74, 6) is -0.112. The number of sulfonamides is 1. The number of hydrogen-bond acceptors (Lipinski definition) is 5. The van der Waals surface area contributed by atoms with Crippen LogP contribution in [0.3, 0.4) is 0 Å². The molecule has 0 aliphatic carbocycles. The van der Waals surface area contributed by atoms with Crippen LogP contribution in [0.2, 0.25) is 0 Å². The minimum atomic E-state index is -3.88. The number of unbranched alkanes of at least 4 members (excludes halogenated alkanes) is 1. The minimum Gasteiger partial charge on any atom is -0.258 e. The van der Waals surface area contributed by atoms with E-state index >= 15 is 0 Å². The summed E-state index contributed by atoms with van der Waals surface area (Å²) in [5, 5.41) is 10.7. The molecule has 1 aromatic carbocycles. The number of halogens is 1. The fourth-order valence-corrected chi connectivity index (χ4v) is 3.54. The van der Waals surface area contributed by atoms with Gasteiger partial charge in [-0.1, -0.05) is 0 Å². The van der Waals surface area contributed by atoms with E-state index in [4.69, 9.17) is 0 Å². The Morgan fingerprint density at radius 1 is 1.38 bits per heavy atom. The van der Waals surface area contributed by atoms with Crippen molar-refractivity contribution < 1.29 is 17.7 Å². The van der Waals surface area contributed by atoms with Crippen LogP contribution in [0, 0.1) is 22.9 Å². The predicted octanol–water partition coefficient (Wildman–Crippen LogP) is 2.46. The molecule has 0 saturated heterocycles. The highest BCUT2D eigenvalue weighted by Gasteiger charge is 2.23. The highest BCUT2D eigenvalue weighted by atomic mass is 32.2. The summed E-state index contributed by atoms with van der Waals surface area (Å²) in [6.07, 6.45) is 3.50. The first-order valence-corrected chi connectivity index (χ1v) is 9.10. The summed E-state index contributed by atoms with van der Waals surface area (Å²) in [5.41, 5.74) is -0.710. The molecular formula is C12H17FN2O4S2. The van der Waals surface area contributed by atoms with Gasteiger partial charge in [0, 0.05) is 12.6 Å². The lowest BCUT2D eigenvalue weighted by Crippen LogP contribution is -2.25. The first-order chi connectivity index (χ1) is 9.79. The van der Waals surface area contributed by atoms with E-state index in [-0.39, 0.29) is 17.0 Å². The molecule has 0 aromatic heterocycles. The van der Waals surface area contributed by atoms with Crippen molar-refractivity contribution in [3.63, 3.8) is 0 Å². The highest BCUT2D eigenvalue weighted by Crippen LogP contribution is 2.25. The van der Waals surface area contributed by atoms with E-state index < -0.39 is 26.5 Å². The third-order valence-corrected chi connectivity index (χ3v) is 5.10. The molecule has 0 atom stereocenters. The number of benzene rings is 1. The quantitative estimate of drug-likeness (QED) is 0.447. The predicted molar refractivity (Wildman–Crippen MR) is 80.6 cm³/mol. The van der Waals surface area contributed by atoms with E-state index in [2.05, 4.69) is 4.72 Å². The maximum atomic E-state index is 13.4. The van der Waals surface area contributed by atoms with Gasteiger partial charge in [0.1, 0.15) is 0 Å². The van der Waals surface area contributed by atoms with Gasteiger partial charge in [-0.2, -0.15) is 16.2 Å². The number of aryl methyl sites for hydroxylation is 1. The Labute approximate surface area is 127 Å². The zero-order valence-corrected chi connectivity index (χ0v) is 13.4. The average Bonchev–Trinajstić information content (AvgIpc) is 2.37. The van der Waals surface area contributed by atoms with Crippen LogP contribution in [0.1, 0.15) is 18.4 Å². The van der Waals surface area contributed by atoms with Crippen molar-refractivity contribution in [3.8, 4) is 0 Å². The van der Waals surface area contributed by atoms with E-state index in [1.165, 1.54) is 6.92 Å². The SMILES string of the molecule is CSCCCCNS(=O)(=O)c1cc([N+](=O)[O-])c(F)cc1C. The lowest BCUT2D eigenvalue weighted by molar-refractivity contribution is -0.387. The van der Waals surface area contributed by atoms with E-state index in [0.29, 0.717) is 6.42 Å². The molecule has 1 aromatic rings. The van der Waals surface area contributed by atoms with Gasteiger partial charge in [-0.25, -0.2) is 13.1 Å². The second-order valence-corrected chi connectivity index (χ2v) is 7.14. The molecule has 21 heavy (non-hydrogen) atoms. The number of hydrogen-bond donors (Lipinski definition) is 1. The molecule has 0 radical (unpaired) electrons. The Morgan fingerprint density at radius 3 is 2.62 bits per heavy atom. The van der Waals surface area contributed by atoms with Gasteiger partial charge in [0.05, 0.1) is 9.82 Å². The molecule has 0 aliphatic heterocycles. The fourth-order valence-electron chi connectivity index (χ4n) is 1.73. The van der Waals surface area contributed by atoms with Crippen molar-refractivity contribution in [2.24, 2.45) is 0 Å². The van der Waals surface area contributed by atoms with Crippen molar-refractivity contribution in [2.75, 3.05) is 18.6 Å². The number of nitro benzene ring substituents is 1.